The highest BCUT2D eigenvalue weighted by Gasteiger charge is 2.37. The molecule has 142 valence electrons. The van der Waals surface area contributed by atoms with Gasteiger partial charge in [-0.1, -0.05) is 30.3 Å². The van der Waals surface area contributed by atoms with Gasteiger partial charge in [0.1, 0.15) is 5.76 Å². The number of furan rings is 1. The van der Waals surface area contributed by atoms with Crippen molar-refractivity contribution in [2.45, 2.75) is 32.2 Å². The number of likely N-dealkylation sites (tertiary alicyclic amines) is 2. The molecular formula is C22H26N2O3. The van der Waals surface area contributed by atoms with Gasteiger partial charge in [0.05, 0.1) is 18.7 Å². The van der Waals surface area contributed by atoms with Crippen molar-refractivity contribution in [3.63, 3.8) is 0 Å². The molecule has 0 saturated carbocycles. The Kier molecular flexibility index (Phi) is 5.28. The predicted molar refractivity (Wildman–Crippen MR) is 102 cm³/mol. The van der Waals surface area contributed by atoms with E-state index in [1.807, 2.05) is 23.1 Å². The summed E-state index contributed by atoms with van der Waals surface area (Å²) in [6.45, 7) is 2.56. The molecule has 27 heavy (non-hydrogen) atoms. The Morgan fingerprint density at radius 3 is 2.56 bits per heavy atom. The summed E-state index contributed by atoms with van der Waals surface area (Å²) >= 11 is 0. The van der Waals surface area contributed by atoms with Gasteiger partial charge in [0.15, 0.2) is 0 Å². The van der Waals surface area contributed by atoms with Gasteiger partial charge < -0.3 is 14.2 Å². The van der Waals surface area contributed by atoms with Crippen molar-refractivity contribution < 1.29 is 14.0 Å². The second-order valence-electron chi connectivity index (χ2n) is 7.71. The van der Waals surface area contributed by atoms with E-state index < -0.39 is 0 Å². The van der Waals surface area contributed by atoms with E-state index in [2.05, 4.69) is 24.3 Å². The fraction of sp³-hybridized carbons (Fsp3) is 0.455. The summed E-state index contributed by atoms with van der Waals surface area (Å²) in [7, 11) is 0. The van der Waals surface area contributed by atoms with Crippen LogP contribution in [0.1, 0.15) is 30.6 Å². The molecule has 0 unspecified atom stereocenters. The van der Waals surface area contributed by atoms with Crippen LogP contribution in [0.5, 0.6) is 0 Å². The zero-order chi connectivity index (χ0) is 18.6. The molecule has 4 rings (SSSR count). The minimum atomic E-state index is -0.210. The van der Waals surface area contributed by atoms with E-state index in [1.165, 1.54) is 5.56 Å². The molecule has 2 aliphatic rings. The molecule has 2 saturated heterocycles. The molecule has 0 N–H and O–H groups in total. The molecule has 0 bridgehead atoms. The standard InChI is InChI=1S/C22H26N2O3/c25-21-14-19(15-24(21)16-20-7-4-12-27-20)22(26)23-10-8-18(9-11-23)13-17-5-2-1-3-6-17/h1-7,12,18-19H,8-11,13-16H2/t19-/m0/s1. The van der Waals surface area contributed by atoms with Gasteiger partial charge in [-0.25, -0.2) is 0 Å². The van der Waals surface area contributed by atoms with E-state index in [4.69, 9.17) is 4.42 Å². The van der Waals surface area contributed by atoms with Crippen LogP contribution in [0.4, 0.5) is 0 Å². The van der Waals surface area contributed by atoms with E-state index >= 15 is 0 Å². The van der Waals surface area contributed by atoms with Gasteiger partial charge in [0.25, 0.3) is 0 Å². The lowest BCUT2D eigenvalue weighted by Crippen LogP contribution is -2.42. The first kappa shape index (κ1) is 17.8. The first-order valence-electron chi connectivity index (χ1n) is 9.82. The summed E-state index contributed by atoms with van der Waals surface area (Å²) in [6.07, 6.45) is 5.10. The van der Waals surface area contributed by atoms with E-state index in [0.717, 1.165) is 38.1 Å². The number of hydrogen-bond acceptors (Lipinski definition) is 3. The van der Waals surface area contributed by atoms with Crippen LogP contribution < -0.4 is 0 Å². The van der Waals surface area contributed by atoms with Crippen molar-refractivity contribution in [2.24, 2.45) is 11.8 Å². The minimum absolute atomic E-state index is 0.0451. The first-order chi connectivity index (χ1) is 13.2. The lowest BCUT2D eigenvalue weighted by atomic mass is 9.89. The zero-order valence-corrected chi connectivity index (χ0v) is 15.5. The maximum Gasteiger partial charge on any atom is 0.227 e. The fourth-order valence-corrected chi connectivity index (χ4v) is 4.24. The molecule has 1 aromatic carbocycles. The predicted octanol–water partition coefficient (Wildman–Crippen LogP) is 3.11. The summed E-state index contributed by atoms with van der Waals surface area (Å²) in [5.41, 5.74) is 1.37. The smallest absolute Gasteiger partial charge is 0.227 e. The fourth-order valence-electron chi connectivity index (χ4n) is 4.24. The largest absolute Gasteiger partial charge is 0.467 e. The molecule has 0 radical (unpaired) electrons. The van der Waals surface area contributed by atoms with Crippen LogP contribution in [0, 0.1) is 11.8 Å². The summed E-state index contributed by atoms with van der Waals surface area (Å²) in [4.78, 5) is 28.9. The number of benzene rings is 1. The molecule has 2 aromatic rings. The lowest BCUT2D eigenvalue weighted by molar-refractivity contribution is -0.137. The number of carbonyl (C=O) groups is 2. The molecule has 1 aromatic heterocycles. The van der Waals surface area contributed by atoms with Crippen LogP contribution in [-0.4, -0.2) is 41.2 Å². The summed E-state index contributed by atoms with van der Waals surface area (Å²) in [5.74, 6) is 1.38. The average Bonchev–Trinajstić information content (AvgIpc) is 3.33. The Bertz CT molecular complexity index is 764. The third-order valence-electron chi connectivity index (χ3n) is 5.78. The van der Waals surface area contributed by atoms with E-state index in [0.29, 0.717) is 25.4 Å². The van der Waals surface area contributed by atoms with Crippen LogP contribution in [0.15, 0.2) is 53.1 Å². The number of nitrogens with zero attached hydrogens (tertiary/aromatic N) is 2. The van der Waals surface area contributed by atoms with Crippen LogP contribution >= 0.6 is 0 Å². The highest BCUT2D eigenvalue weighted by Crippen LogP contribution is 2.26. The van der Waals surface area contributed by atoms with Crippen LogP contribution in [0.2, 0.25) is 0 Å². The van der Waals surface area contributed by atoms with Crippen LogP contribution in [0.3, 0.4) is 0 Å². The quantitative estimate of drug-likeness (QED) is 0.817. The van der Waals surface area contributed by atoms with Crippen LogP contribution in [0.25, 0.3) is 0 Å². The Morgan fingerprint density at radius 2 is 1.85 bits per heavy atom. The SMILES string of the molecule is O=C1C[C@H](C(=O)N2CCC(Cc3ccccc3)CC2)CN1Cc1ccco1. The van der Waals surface area contributed by atoms with Crippen LogP contribution in [-0.2, 0) is 22.6 Å². The monoisotopic (exact) mass is 366 g/mol. The number of piperidine rings is 1. The van der Waals surface area contributed by atoms with Crippen molar-refractivity contribution >= 4 is 11.8 Å². The van der Waals surface area contributed by atoms with Crippen molar-refractivity contribution in [1.29, 1.82) is 0 Å². The highest BCUT2D eigenvalue weighted by atomic mass is 16.3. The summed E-state index contributed by atoms with van der Waals surface area (Å²) < 4.78 is 5.33. The molecule has 2 aliphatic heterocycles. The van der Waals surface area contributed by atoms with Gasteiger partial charge in [-0.15, -0.1) is 0 Å². The molecule has 2 amide bonds. The van der Waals surface area contributed by atoms with E-state index in [1.54, 1.807) is 11.2 Å². The minimum Gasteiger partial charge on any atom is -0.467 e. The Hall–Kier alpha value is -2.56. The van der Waals surface area contributed by atoms with Gasteiger partial charge in [0.2, 0.25) is 11.8 Å². The molecule has 1 atom stereocenters. The molecule has 2 fully saturated rings. The lowest BCUT2D eigenvalue weighted by Gasteiger charge is -2.33. The highest BCUT2D eigenvalue weighted by molar-refractivity contribution is 5.89. The molecule has 5 heteroatoms. The molecule has 0 spiro atoms. The third-order valence-corrected chi connectivity index (χ3v) is 5.78. The van der Waals surface area contributed by atoms with Crippen molar-refractivity contribution in [3.8, 4) is 0 Å². The topological polar surface area (TPSA) is 53.8 Å². The van der Waals surface area contributed by atoms with Gasteiger partial charge in [-0.2, -0.15) is 0 Å². The number of hydrogen-bond donors (Lipinski definition) is 0. The first-order valence-corrected chi connectivity index (χ1v) is 9.82. The van der Waals surface area contributed by atoms with Crippen molar-refractivity contribution in [2.75, 3.05) is 19.6 Å². The zero-order valence-electron chi connectivity index (χ0n) is 15.5. The Morgan fingerprint density at radius 1 is 1.07 bits per heavy atom. The van der Waals surface area contributed by atoms with Gasteiger partial charge in [-0.3, -0.25) is 9.59 Å². The maximum absolute atomic E-state index is 12.9. The van der Waals surface area contributed by atoms with Gasteiger partial charge in [0, 0.05) is 26.1 Å². The second kappa shape index (κ2) is 7.99. The average molecular weight is 366 g/mol. The van der Waals surface area contributed by atoms with Gasteiger partial charge >= 0.3 is 0 Å². The van der Waals surface area contributed by atoms with E-state index in [9.17, 15) is 9.59 Å². The number of amides is 2. The Labute approximate surface area is 159 Å². The van der Waals surface area contributed by atoms with Crippen molar-refractivity contribution in [1.82, 2.24) is 9.80 Å². The normalized spacial score (nSPS) is 21.0. The third kappa shape index (κ3) is 4.24. The Balaban J connectivity index is 1.27. The summed E-state index contributed by atoms with van der Waals surface area (Å²) in [5, 5.41) is 0. The van der Waals surface area contributed by atoms with Crippen molar-refractivity contribution in [3.05, 3.63) is 60.1 Å². The number of rotatable bonds is 5. The summed E-state index contributed by atoms with van der Waals surface area (Å²) in [6, 6.07) is 14.2. The molecule has 0 aliphatic carbocycles. The molecular weight excluding hydrogens is 340 g/mol. The van der Waals surface area contributed by atoms with E-state index in [-0.39, 0.29) is 17.7 Å². The van der Waals surface area contributed by atoms with Gasteiger partial charge in [-0.05, 0) is 42.9 Å². The molecule has 5 nitrogen and oxygen atoms in total. The number of carbonyl (C=O) groups excluding carboxylic acids is 2. The molecule has 3 heterocycles. The maximum atomic E-state index is 12.9. The second-order valence-corrected chi connectivity index (χ2v) is 7.71.